The first-order valence-electron chi connectivity index (χ1n) is 7.93. The summed E-state index contributed by atoms with van der Waals surface area (Å²) in [6.07, 6.45) is 2.98. The van der Waals surface area contributed by atoms with Crippen molar-refractivity contribution in [2.75, 3.05) is 13.1 Å². The Bertz CT molecular complexity index is 902. The van der Waals surface area contributed by atoms with Crippen LogP contribution in [0.25, 0.3) is 11.7 Å². The van der Waals surface area contributed by atoms with Crippen molar-refractivity contribution in [1.29, 1.82) is 0 Å². The van der Waals surface area contributed by atoms with Crippen molar-refractivity contribution in [2.24, 2.45) is 0 Å². The van der Waals surface area contributed by atoms with E-state index in [1.165, 1.54) is 12.1 Å². The molecule has 0 atom stereocenters. The number of piperidine rings is 1. The van der Waals surface area contributed by atoms with Gasteiger partial charge in [-0.05, 0) is 31.0 Å². The number of likely N-dealkylation sites (tertiary alicyclic amines) is 1. The third kappa shape index (κ3) is 3.08. The standard InChI is InChI=1S/C16H15N5O4/c22-13-4-3-11(17-18-13)16(23)21-7-5-10(6-8-21)14-19-20-15(25-14)12-2-1-9-24-12/h1-4,9-10H,5-8H2,(H,18,22). The van der Waals surface area contributed by atoms with Crippen LogP contribution in [-0.2, 0) is 0 Å². The monoisotopic (exact) mass is 341 g/mol. The average Bonchev–Trinajstić information content (AvgIpc) is 3.33. The average molecular weight is 341 g/mol. The van der Waals surface area contributed by atoms with E-state index in [0.29, 0.717) is 30.6 Å². The van der Waals surface area contributed by atoms with E-state index in [2.05, 4.69) is 20.4 Å². The Hall–Kier alpha value is -3.23. The fourth-order valence-electron chi connectivity index (χ4n) is 2.85. The van der Waals surface area contributed by atoms with Gasteiger partial charge in [0.15, 0.2) is 5.76 Å². The molecule has 9 heteroatoms. The van der Waals surface area contributed by atoms with Crippen LogP contribution in [0.2, 0.25) is 0 Å². The molecule has 1 amide bonds. The zero-order valence-electron chi connectivity index (χ0n) is 13.2. The Balaban J connectivity index is 1.40. The van der Waals surface area contributed by atoms with Crippen LogP contribution in [-0.4, -0.2) is 44.3 Å². The van der Waals surface area contributed by atoms with Crippen LogP contribution in [0.4, 0.5) is 0 Å². The Kier molecular flexibility index (Phi) is 3.88. The molecule has 3 aromatic heterocycles. The highest BCUT2D eigenvalue weighted by Gasteiger charge is 2.28. The lowest BCUT2D eigenvalue weighted by molar-refractivity contribution is 0.0699. The first kappa shape index (κ1) is 15.3. The Morgan fingerprint density at radius 2 is 2.04 bits per heavy atom. The number of H-pyrrole nitrogens is 1. The number of carbonyl (C=O) groups excluding carboxylic acids is 1. The van der Waals surface area contributed by atoms with Crippen molar-refractivity contribution in [3.63, 3.8) is 0 Å². The minimum Gasteiger partial charge on any atom is -0.459 e. The lowest BCUT2D eigenvalue weighted by Crippen LogP contribution is -2.38. The van der Waals surface area contributed by atoms with Gasteiger partial charge in [0.25, 0.3) is 17.4 Å². The van der Waals surface area contributed by atoms with Crippen molar-refractivity contribution in [3.8, 4) is 11.7 Å². The normalized spacial score (nSPS) is 15.4. The smallest absolute Gasteiger partial charge is 0.283 e. The predicted octanol–water partition coefficient (Wildman–Crippen LogP) is 1.43. The van der Waals surface area contributed by atoms with Gasteiger partial charge in [-0.2, -0.15) is 5.10 Å². The van der Waals surface area contributed by atoms with E-state index in [-0.39, 0.29) is 23.1 Å². The van der Waals surface area contributed by atoms with E-state index in [1.54, 1.807) is 23.3 Å². The summed E-state index contributed by atoms with van der Waals surface area (Å²) >= 11 is 0. The minimum atomic E-state index is -0.334. The van der Waals surface area contributed by atoms with E-state index in [1.807, 2.05) is 0 Å². The molecular formula is C16H15N5O4. The predicted molar refractivity (Wildman–Crippen MR) is 84.7 cm³/mol. The van der Waals surface area contributed by atoms with Gasteiger partial charge in [-0.15, -0.1) is 10.2 Å². The van der Waals surface area contributed by atoms with E-state index in [9.17, 15) is 9.59 Å². The van der Waals surface area contributed by atoms with Gasteiger partial charge >= 0.3 is 0 Å². The molecule has 0 bridgehead atoms. The molecule has 1 aliphatic rings. The zero-order valence-corrected chi connectivity index (χ0v) is 13.2. The van der Waals surface area contributed by atoms with Crippen molar-refractivity contribution >= 4 is 5.91 Å². The fraction of sp³-hybridized carbons (Fsp3) is 0.312. The van der Waals surface area contributed by atoms with Gasteiger partial charge in [0.1, 0.15) is 5.69 Å². The number of aromatic amines is 1. The number of furan rings is 1. The summed E-state index contributed by atoms with van der Waals surface area (Å²) in [6, 6.07) is 6.24. The number of rotatable bonds is 3. The molecule has 1 saturated heterocycles. The number of hydrogen-bond donors (Lipinski definition) is 1. The van der Waals surface area contributed by atoms with Crippen molar-refractivity contribution in [1.82, 2.24) is 25.3 Å². The highest BCUT2D eigenvalue weighted by molar-refractivity contribution is 5.92. The minimum absolute atomic E-state index is 0.101. The number of amides is 1. The van der Waals surface area contributed by atoms with Crippen molar-refractivity contribution in [3.05, 3.63) is 52.5 Å². The van der Waals surface area contributed by atoms with Crippen LogP contribution >= 0.6 is 0 Å². The molecule has 1 fully saturated rings. The largest absolute Gasteiger partial charge is 0.459 e. The van der Waals surface area contributed by atoms with Gasteiger partial charge in [0, 0.05) is 25.1 Å². The molecule has 0 spiro atoms. The molecule has 0 radical (unpaired) electrons. The topological polar surface area (TPSA) is 118 Å². The molecule has 25 heavy (non-hydrogen) atoms. The molecule has 0 aliphatic carbocycles. The lowest BCUT2D eigenvalue weighted by atomic mass is 9.96. The van der Waals surface area contributed by atoms with Gasteiger partial charge in [0.2, 0.25) is 5.89 Å². The first-order valence-corrected chi connectivity index (χ1v) is 7.93. The SMILES string of the molecule is O=C(c1ccc(=O)[nH]n1)N1CCC(c2nnc(-c3ccco3)o2)CC1. The van der Waals surface area contributed by atoms with Crippen molar-refractivity contribution < 1.29 is 13.6 Å². The lowest BCUT2D eigenvalue weighted by Gasteiger charge is -2.30. The molecule has 1 N–H and O–H groups in total. The van der Waals surface area contributed by atoms with Crippen LogP contribution in [0.15, 0.2) is 44.2 Å². The highest BCUT2D eigenvalue weighted by atomic mass is 16.4. The Morgan fingerprint density at radius 1 is 1.20 bits per heavy atom. The van der Waals surface area contributed by atoms with Crippen LogP contribution in [0.3, 0.4) is 0 Å². The maximum atomic E-state index is 12.4. The van der Waals surface area contributed by atoms with Gasteiger partial charge in [0.05, 0.1) is 6.26 Å². The molecule has 1 aliphatic heterocycles. The number of carbonyl (C=O) groups is 1. The molecule has 9 nitrogen and oxygen atoms in total. The summed E-state index contributed by atoms with van der Waals surface area (Å²) in [6.45, 7) is 1.12. The molecular weight excluding hydrogens is 326 g/mol. The van der Waals surface area contributed by atoms with Gasteiger partial charge in [-0.3, -0.25) is 9.59 Å². The van der Waals surface area contributed by atoms with Crippen LogP contribution in [0.1, 0.15) is 35.1 Å². The molecule has 0 saturated carbocycles. The summed E-state index contributed by atoms with van der Waals surface area (Å²) < 4.78 is 10.9. The fourth-order valence-corrected chi connectivity index (χ4v) is 2.85. The van der Waals surface area contributed by atoms with E-state index >= 15 is 0 Å². The summed E-state index contributed by atoms with van der Waals surface area (Å²) in [5.41, 5.74) is -0.102. The number of hydrogen-bond acceptors (Lipinski definition) is 7. The molecule has 0 unspecified atom stereocenters. The second kappa shape index (κ2) is 6.34. The Morgan fingerprint density at radius 3 is 2.72 bits per heavy atom. The maximum absolute atomic E-state index is 12.4. The second-order valence-electron chi connectivity index (χ2n) is 5.80. The van der Waals surface area contributed by atoms with Crippen LogP contribution in [0.5, 0.6) is 0 Å². The van der Waals surface area contributed by atoms with Gasteiger partial charge in [-0.1, -0.05) is 0 Å². The number of aromatic nitrogens is 4. The molecule has 4 rings (SSSR count). The van der Waals surface area contributed by atoms with E-state index < -0.39 is 0 Å². The quantitative estimate of drug-likeness (QED) is 0.765. The summed E-state index contributed by atoms with van der Waals surface area (Å²) in [5.74, 6) is 1.35. The van der Waals surface area contributed by atoms with Crippen LogP contribution < -0.4 is 5.56 Å². The van der Waals surface area contributed by atoms with Crippen molar-refractivity contribution in [2.45, 2.75) is 18.8 Å². The zero-order chi connectivity index (χ0) is 17.2. The van der Waals surface area contributed by atoms with Gasteiger partial charge in [-0.25, -0.2) is 5.10 Å². The van der Waals surface area contributed by atoms with Crippen LogP contribution in [0, 0.1) is 0 Å². The highest BCUT2D eigenvalue weighted by Crippen LogP contribution is 2.29. The molecule has 128 valence electrons. The first-order chi connectivity index (χ1) is 12.2. The third-order valence-corrected chi connectivity index (χ3v) is 4.20. The Labute approximate surface area is 141 Å². The van der Waals surface area contributed by atoms with E-state index in [0.717, 1.165) is 12.8 Å². The molecule has 0 aromatic carbocycles. The number of nitrogens with zero attached hydrogens (tertiary/aromatic N) is 4. The maximum Gasteiger partial charge on any atom is 0.283 e. The summed E-state index contributed by atoms with van der Waals surface area (Å²) in [5, 5.41) is 14.2. The number of nitrogens with one attached hydrogen (secondary N) is 1. The van der Waals surface area contributed by atoms with E-state index in [4.69, 9.17) is 8.83 Å². The summed E-state index contributed by atoms with van der Waals surface area (Å²) in [7, 11) is 0. The summed E-state index contributed by atoms with van der Waals surface area (Å²) in [4.78, 5) is 25.1. The third-order valence-electron chi connectivity index (χ3n) is 4.20. The molecule has 3 aromatic rings. The van der Waals surface area contributed by atoms with Gasteiger partial charge < -0.3 is 13.7 Å². The molecule has 4 heterocycles. The second-order valence-corrected chi connectivity index (χ2v) is 5.80.